The van der Waals surface area contributed by atoms with Crippen LogP contribution in [0, 0.1) is 0 Å². The van der Waals surface area contributed by atoms with Gasteiger partial charge in [0.15, 0.2) is 0 Å². The SMILES string of the molecule is CN(CCN(C)C(=O)OC(C)(C)C)C(=O)Nc1ccc(C(F)(F)F)cc1. The molecule has 0 bridgehead atoms. The molecule has 0 aliphatic rings. The highest BCUT2D eigenvalue weighted by Crippen LogP contribution is 2.29. The first-order valence-electron chi connectivity index (χ1n) is 7.93. The molecule has 1 rings (SSSR count). The fourth-order valence-electron chi connectivity index (χ4n) is 1.79. The molecule has 6 nitrogen and oxygen atoms in total. The Labute approximate surface area is 150 Å². The van der Waals surface area contributed by atoms with Gasteiger partial charge in [0.05, 0.1) is 5.56 Å². The normalized spacial score (nSPS) is 11.7. The second kappa shape index (κ2) is 8.29. The van der Waals surface area contributed by atoms with Crippen molar-refractivity contribution >= 4 is 17.8 Å². The van der Waals surface area contributed by atoms with Gasteiger partial charge in [-0.1, -0.05) is 0 Å². The zero-order valence-corrected chi connectivity index (χ0v) is 15.5. The summed E-state index contributed by atoms with van der Waals surface area (Å²) in [6.45, 7) is 5.72. The van der Waals surface area contributed by atoms with Crippen molar-refractivity contribution in [2.24, 2.45) is 0 Å². The van der Waals surface area contributed by atoms with E-state index < -0.39 is 29.5 Å². The van der Waals surface area contributed by atoms with Crippen molar-refractivity contribution in [3.05, 3.63) is 29.8 Å². The first kappa shape index (κ1) is 21.6. The second-order valence-corrected chi connectivity index (χ2v) is 6.83. The molecule has 0 saturated carbocycles. The summed E-state index contributed by atoms with van der Waals surface area (Å²) >= 11 is 0. The topological polar surface area (TPSA) is 61.9 Å². The van der Waals surface area contributed by atoms with E-state index in [4.69, 9.17) is 4.74 Å². The molecular formula is C17H24F3N3O3. The average molecular weight is 375 g/mol. The van der Waals surface area contributed by atoms with Crippen LogP contribution in [0.1, 0.15) is 26.3 Å². The molecule has 9 heteroatoms. The van der Waals surface area contributed by atoms with Crippen LogP contribution in [0.5, 0.6) is 0 Å². The Bertz CT molecular complexity index is 625. The molecule has 1 aromatic carbocycles. The molecular weight excluding hydrogens is 351 g/mol. The number of likely N-dealkylation sites (N-methyl/N-ethyl adjacent to an activating group) is 2. The number of halogens is 3. The monoisotopic (exact) mass is 375 g/mol. The van der Waals surface area contributed by atoms with E-state index in [1.807, 2.05) is 0 Å². The average Bonchev–Trinajstić information content (AvgIpc) is 2.50. The molecule has 0 atom stereocenters. The van der Waals surface area contributed by atoms with E-state index in [0.29, 0.717) is 0 Å². The lowest BCUT2D eigenvalue weighted by Crippen LogP contribution is -2.41. The predicted octanol–water partition coefficient (Wildman–Crippen LogP) is 4.04. The minimum atomic E-state index is -4.43. The van der Waals surface area contributed by atoms with Gasteiger partial charge in [0, 0.05) is 32.9 Å². The van der Waals surface area contributed by atoms with Crippen molar-refractivity contribution in [2.45, 2.75) is 32.5 Å². The van der Waals surface area contributed by atoms with Crippen molar-refractivity contribution in [3.8, 4) is 0 Å². The van der Waals surface area contributed by atoms with E-state index >= 15 is 0 Å². The minimum absolute atomic E-state index is 0.224. The molecule has 0 aliphatic heterocycles. The Morgan fingerprint density at radius 2 is 1.50 bits per heavy atom. The lowest BCUT2D eigenvalue weighted by molar-refractivity contribution is -0.137. The molecule has 0 unspecified atom stereocenters. The lowest BCUT2D eigenvalue weighted by atomic mass is 10.2. The highest BCUT2D eigenvalue weighted by molar-refractivity contribution is 5.89. The van der Waals surface area contributed by atoms with Gasteiger partial charge >= 0.3 is 18.3 Å². The van der Waals surface area contributed by atoms with Crippen LogP contribution in [0.3, 0.4) is 0 Å². The van der Waals surface area contributed by atoms with Gasteiger partial charge in [-0.3, -0.25) is 0 Å². The Morgan fingerprint density at radius 1 is 1.00 bits per heavy atom. The Morgan fingerprint density at radius 3 is 1.96 bits per heavy atom. The summed E-state index contributed by atoms with van der Waals surface area (Å²) in [6, 6.07) is 3.66. The van der Waals surface area contributed by atoms with Gasteiger partial charge in [0.25, 0.3) is 0 Å². The molecule has 0 aromatic heterocycles. The number of hydrogen-bond donors (Lipinski definition) is 1. The molecule has 0 heterocycles. The van der Waals surface area contributed by atoms with Gasteiger partial charge in [0.2, 0.25) is 0 Å². The number of ether oxygens (including phenoxy) is 1. The number of amides is 3. The van der Waals surface area contributed by atoms with E-state index in [1.165, 1.54) is 29.0 Å². The first-order valence-corrected chi connectivity index (χ1v) is 7.93. The fourth-order valence-corrected chi connectivity index (χ4v) is 1.79. The van der Waals surface area contributed by atoms with E-state index in [9.17, 15) is 22.8 Å². The van der Waals surface area contributed by atoms with Crippen LogP contribution in [0.15, 0.2) is 24.3 Å². The van der Waals surface area contributed by atoms with Crippen molar-refractivity contribution in [3.63, 3.8) is 0 Å². The molecule has 146 valence electrons. The third-order valence-corrected chi connectivity index (χ3v) is 3.29. The molecule has 26 heavy (non-hydrogen) atoms. The van der Waals surface area contributed by atoms with E-state index in [2.05, 4.69) is 5.32 Å². The van der Waals surface area contributed by atoms with E-state index in [0.717, 1.165) is 12.1 Å². The number of nitrogens with one attached hydrogen (secondary N) is 1. The summed E-state index contributed by atoms with van der Waals surface area (Å²) < 4.78 is 42.8. The second-order valence-electron chi connectivity index (χ2n) is 6.83. The Hall–Kier alpha value is -2.45. The molecule has 3 amide bonds. The van der Waals surface area contributed by atoms with Crippen LogP contribution >= 0.6 is 0 Å². The summed E-state index contributed by atoms with van der Waals surface area (Å²) in [4.78, 5) is 26.6. The van der Waals surface area contributed by atoms with Crippen LogP contribution in [0.2, 0.25) is 0 Å². The third-order valence-electron chi connectivity index (χ3n) is 3.29. The maximum atomic E-state index is 12.5. The van der Waals surface area contributed by atoms with Gasteiger partial charge < -0.3 is 19.9 Å². The Balaban J connectivity index is 2.51. The van der Waals surface area contributed by atoms with Crippen LogP contribution in [0.25, 0.3) is 0 Å². The maximum Gasteiger partial charge on any atom is 0.416 e. The summed E-state index contributed by atoms with van der Waals surface area (Å²) in [5.41, 5.74) is -1.16. The van der Waals surface area contributed by atoms with Gasteiger partial charge in [0.1, 0.15) is 5.60 Å². The number of alkyl halides is 3. The van der Waals surface area contributed by atoms with E-state index in [-0.39, 0.29) is 18.8 Å². The van der Waals surface area contributed by atoms with Gasteiger partial charge in [-0.2, -0.15) is 13.2 Å². The number of rotatable bonds is 4. The number of carbonyl (C=O) groups excluding carboxylic acids is 2. The maximum absolute atomic E-state index is 12.5. The van der Waals surface area contributed by atoms with Gasteiger partial charge in [-0.15, -0.1) is 0 Å². The molecule has 1 aromatic rings. The highest BCUT2D eigenvalue weighted by Gasteiger charge is 2.30. The zero-order chi connectivity index (χ0) is 20.1. The van der Waals surface area contributed by atoms with Crippen molar-refractivity contribution in [1.82, 2.24) is 9.80 Å². The van der Waals surface area contributed by atoms with Crippen molar-refractivity contribution in [1.29, 1.82) is 0 Å². The van der Waals surface area contributed by atoms with Crippen LogP contribution in [-0.4, -0.2) is 54.7 Å². The summed E-state index contributed by atoms with van der Waals surface area (Å²) in [6.07, 6.45) is -4.93. The standard InChI is InChI=1S/C17H24F3N3O3/c1-16(2,3)26-15(25)23(5)11-10-22(4)14(24)21-13-8-6-12(7-9-13)17(18,19)20/h6-9H,10-11H2,1-5H3,(H,21,24). The molecule has 0 spiro atoms. The van der Waals surface area contributed by atoms with Gasteiger partial charge in [-0.25, -0.2) is 9.59 Å². The Kier molecular flexibility index (Phi) is 6.88. The zero-order valence-electron chi connectivity index (χ0n) is 15.5. The van der Waals surface area contributed by atoms with Crippen molar-refractivity contribution in [2.75, 3.05) is 32.5 Å². The number of hydrogen-bond acceptors (Lipinski definition) is 3. The van der Waals surface area contributed by atoms with Crippen LogP contribution < -0.4 is 5.32 Å². The number of benzene rings is 1. The van der Waals surface area contributed by atoms with Gasteiger partial charge in [-0.05, 0) is 45.0 Å². The first-order chi connectivity index (χ1) is 11.8. The number of carbonyl (C=O) groups is 2. The number of urea groups is 1. The van der Waals surface area contributed by atoms with Crippen LogP contribution in [0.4, 0.5) is 28.4 Å². The molecule has 0 aliphatic carbocycles. The smallest absolute Gasteiger partial charge is 0.416 e. The number of nitrogens with zero attached hydrogens (tertiary/aromatic N) is 2. The highest BCUT2D eigenvalue weighted by atomic mass is 19.4. The summed E-state index contributed by atoms with van der Waals surface area (Å²) in [5, 5.41) is 2.50. The summed E-state index contributed by atoms with van der Waals surface area (Å²) in [5.74, 6) is 0. The molecule has 0 radical (unpaired) electrons. The quantitative estimate of drug-likeness (QED) is 0.864. The molecule has 0 saturated heterocycles. The largest absolute Gasteiger partial charge is 0.444 e. The third kappa shape index (κ3) is 7.20. The fraction of sp³-hybridized carbons (Fsp3) is 0.529. The minimum Gasteiger partial charge on any atom is -0.444 e. The molecule has 0 fully saturated rings. The summed E-state index contributed by atoms with van der Waals surface area (Å²) in [7, 11) is 3.07. The van der Waals surface area contributed by atoms with Crippen molar-refractivity contribution < 1.29 is 27.5 Å². The number of anilines is 1. The predicted molar refractivity (Wildman–Crippen MR) is 92.0 cm³/mol. The van der Waals surface area contributed by atoms with E-state index in [1.54, 1.807) is 27.8 Å². The lowest BCUT2D eigenvalue weighted by Gasteiger charge is -2.26. The van der Waals surface area contributed by atoms with Crippen LogP contribution in [-0.2, 0) is 10.9 Å². The molecule has 1 N–H and O–H groups in total.